The Kier molecular flexibility index (Phi) is 8.67. The van der Waals surface area contributed by atoms with Crippen LogP contribution in [0, 0.1) is 0 Å². The highest BCUT2D eigenvalue weighted by Crippen LogP contribution is 2.22. The molecule has 0 bridgehead atoms. The van der Waals surface area contributed by atoms with E-state index in [1.54, 1.807) is 12.0 Å². The number of amides is 1. The number of rotatable bonds is 8. The van der Waals surface area contributed by atoms with Gasteiger partial charge in [-0.25, -0.2) is 4.79 Å². The van der Waals surface area contributed by atoms with Crippen molar-refractivity contribution in [3.05, 3.63) is 0 Å². The molecule has 0 spiro atoms. The average molecular weight is 382 g/mol. The van der Waals surface area contributed by atoms with Gasteiger partial charge in [0.1, 0.15) is 5.60 Å². The first-order valence-corrected chi connectivity index (χ1v) is 8.55. The van der Waals surface area contributed by atoms with Gasteiger partial charge in [0.25, 0.3) is 0 Å². The van der Waals surface area contributed by atoms with Crippen LogP contribution in [0.3, 0.4) is 0 Å². The Bertz CT molecular complexity index is 334. The Morgan fingerprint density at radius 1 is 1.18 bits per heavy atom. The van der Waals surface area contributed by atoms with Crippen LogP contribution >= 0.6 is 15.9 Å². The van der Waals surface area contributed by atoms with Crippen LogP contribution in [0.25, 0.3) is 0 Å². The van der Waals surface area contributed by atoms with Gasteiger partial charge in [-0.3, -0.25) is 0 Å². The Morgan fingerprint density at radius 3 is 2.55 bits per heavy atom. The third-order valence-electron chi connectivity index (χ3n) is 3.05. The first kappa shape index (κ1) is 19.7. The van der Waals surface area contributed by atoms with E-state index in [0.717, 1.165) is 6.42 Å². The number of hydrogen-bond acceptors (Lipinski definition) is 5. The lowest BCUT2D eigenvalue weighted by atomic mass is 10.2. The summed E-state index contributed by atoms with van der Waals surface area (Å²) in [5.41, 5.74) is -0.478. The number of methoxy groups -OCH3 is 1. The summed E-state index contributed by atoms with van der Waals surface area (Å²) in [6.07, 6.45) is 0.557. The van der Waals surface area contributed by atoms with E-state index in [2.05, 4.69) is 15.9 Å². The molecule has 2 atom stereocenters. The number of hydrogen-bond donors (Lipinski definition) is 0. The number of halogens is 1. The second-order valence-corrected chi connectivity index (χ2v) is 7.45. The molecule has 6 nitrogen and oxygen atoms in total. The van der Waals surface area contributed by atoms with Crippen LogP contribution in [-0.4, -0.2) is 74.2 Å². The van der Waals surface area contributed by atoms with E-state index in [1.165, 1.54) is 0 Å². The van der Waals surface area contributed by atoms with Crippen LogP contribution in [-0.2, 0) is 18.9 Å². The fourth-order valence-electron chi connectivity index (χ4n) is 2.03. The topological polar surface area (TPSA) is 57.2 Å². The zero-order chi connectivity index (χ0) is 16.6. The SMILES string of the molecule is COCCCOCCOC1CN(C(=O)OC(C)(C)C)CC1Br. The second kappa shape index (κ2) is 9.70. The number of nitrogens with zero attached hydrogens (tertiary/aromatic N) is 1. The summed E-state index contributed by atoms with van der Waals surface area (Å²) >= 11 is 3.56. The van der Waals surface area contributed by atoms with Crippen molar-refractivity contribution in [1.29, 1.82) is 0 Å². The highest BCUT2D eigenvalue weighted by Gasteiger charge is 2.36. The first-order chi connectivity index (χ1) is 10.3. The van der Waals surface area contributed by atoms with Crippen LogP contribution in [0.15, 0.2) is 0 Å². The van der Waals surface area contributed by atoms with Crippen molar-refractivity contribution in [2.75, 3.05) is 46.6 Å². The van der Waals surface area contributed by atoms with Crippen molar-refractivity contribution < 1.29 is 23.7 Å². The molecule has 2 unspecified atom stereocenters. The van der Waals surface area contributed by atoms with Crippen molar-refractivity contribution >= 4 is 22.0 Å². The maximum atomic E-state index is 12.0. The van der Waals surface area contributed by atoms with Gasteiger partial charge in [-0.2, -0.15) is 0 Å². The first-order valence-electron chi connectivity index (χ1n) is 7.64. The molecule has 22 heavy (non-hydrogen) atoms. The molecule has 1 rings (SSSR count). The predicted octanol–water partition coefficient (Wildman–Crippen LogP) is 2.44. The maximum absolute atomic E-state index is 12.0. The molecule has 0 radical (unpaired) electrons. The van der Waals surface area contributed by atoms with Crippen molar-refractivity contribution in [3.63, 3.8) is 0 Å². The predicted molar refractivity (Wildman–Crippen MR) is 87.6 cm³/mol. The summed E-state index contributed by atoms with van der Waals surface area (Å²) < 4.78 is 21.5. The van der Waals surface area contributed by atoms with Crippen LogP contribution in [0.5, 0.6) is 0 Å². The Labute approximate surface area is 141 Å². The number of likely N-dealkylation sites (tertiary alicyclic amines) is 1. The maximum Gasteiger partial charge on any atom is 0.410 e. The molecule has 1 amide bonds. The minimum absolute atomic E-state index is 0.0323. The Morgan fingerprint density at radius 2 is 1.91 bits per heavy atom. The molecule has 1 heterocycles. The molecule has 0 aromatic carbocycles. The van der Waals surface area contributed by atoms with Crippen molar-refractivity contribution in [2.24, 2.45) is 0 Å². The molecule has 0 saturated carbocycles. The summed E-state index contributed by atoms with van der Waals surface area (Å²) in [7, 11) is 1.68. The summed E-state index contributed by atoms with van der Waals surface area (Å²) in [4.78, 5) is 13.8. The van der Waals surface area contributed by atoms with Gasteiger partial charge < -0.3 is 23.8 Å². The second-order valence-electron chi connectivity index (χ2n) is 6.27. The lowest BCUT2D eigenvalue weighted by molar-refractivity contribution is 0.00166. The van der Waals surface area contributed by atoms with E-state index in [-0.39, 0.29) is 17.0 Å². The summed E-state index contributed by atoms with van der Waals surface area (Å²) in [5.74, 6) is 0. The molecule has 0 aromatic heterocycles. The molecular weight excluding hydrogens is 354 g/mol. The van der Waals surface area contributed by atoms with Crippen molar-refractivity contribution in [2.45, 2.75) is 43.7 Å². The monoisotopic (exact) mass is 381 g/mol. The van der Waals surface area contributed by atoms with Crippen molar-refractivity contribution in [1.82, 2.24) is 4.90 Å². The molecule has 0 N–H and O–H groups in total. The minimum Gasteiger partial charge on any atom is -0.444 e. The van der Waals surface area contributed by atoms with Crippen LogP contribution in [0.4, 0.5) is 4.79 Å². The van der Waals surface area contributed by atoms with E-state index < -0.39 is 5.60 Å². The average Bonchev–Trinajstić information content (AvgIpc) is 2.77. The zero-order valence-electron chi connectivity index (χ0n) is 14.0. The minimum atomic E-state index is -0.478. The standard InChI is InChI=1S/C15H28BrNO5/c1-15(2,3)22-14(18)17-10-12(16)13(11-17)21-9-8-20-7-5-6-19-4/h12-13H,5-11H2,1-4H3. The molecule has 1 saturated heterocycles. The van der Waals surface area contributed by atoms with E-state index in [0.29, 0.717) is 39.5 Å². The number of carbonyl (C=O) groups is 1. The largest absolute Gasteiger partial charge is 0.444 e. The van der Waals surface area contributed by atoms with E-state index >= 15 is 0 Å². The summed E-state index contributed by atoms with van der Waals surface area (Å²) in [6, 6.07) is 0. The smallest absolute Gasteiger partial charge is 0.410 e. The summed E-state index contributed by atoms with van der Waals surface area (Å²) in [5, 5.41) is 0. The van der Waals surface area contributed by atoms with Crippen LogP contribution in [0.1, 0.15) is 27.2 Å². The molecule has 1 aliphatic heterocycles. The van der Waals surface area contributed by atoms with Gasteiger partial charge in [-0.15, -0.1) is 0 Å². The molecule has 130 valence electrons. The van der Waals surface area contributed by atoms with Gasteiger partial charge in [-0.1, -0.05) is 15.9 Å². The fourth-order valence-corrected chi connectivity index (χ4v) is 2.70. The van der Waals surface area contributed by atoms with Gasteiger partial charge in [0.05, 0.1) is 30.7 Å². The molecule has 1 fully saturated rings. The van der Waals surface area contributed by atoms with Crippen LogP contribution in [0.2, 0.25) is 0 Å². The van der Waals surface area contributed by atoms with Crippen LogP contribution < -0.4 is 0 Å². The molecule has 1 aliphatic rings. The Hall–Kier alpha value is -0.370. The third kappa shape index (κ3) is 7.76. The lowest BCUT2D eigenvalue weighted by Crippen LogP contribution is -2.36. The quantitative estimate of drug-likeness (QED) is 0.477. The molecule has 7 heteroatoms. The Balaban J connectivity index is 2.19. The zero-order valence-corrected chi connectivity index (χ0v) is 15.6. The number of ether oxygens (including phenoxy) is 4. The third-order valence-corrected chi connectivity index (χ3v) is 3.93. The van der Waals surface area contributed by atoms with Gasteiger partial charge in [0.2, 0.25) is 0 Å². The molecule has 0 aliphatic carbocycles. The van der Waals surface area contributed by atoms with E-state index in [1.807, 2.05) is 20.8 Å². The van der Waals surface area contributed by atoms with Gasteiger partial charge in [-0.05, 0) is 27.2 Å². The van der Waals surface area contributed by atoms with Gasteiger partial charge >= 0.3 is 6.09 Å². The van der Waals surface area contributed by atoms with Crippen molar-refractivity contribution in [3.8, 4) is 0 Å². The lowest BCUT2D eigenvalue weighted by Gasteiger charge is -2.24. The molecular formula is C15H28BrNO5. The number of alkyl halides is 1. The highest BCUT2D eigenvalue weighted by molar-refractivity contribution is 9.09. The fraction of sp³-hybridized carbons (Fsp3) is 0.933. The van der Waals surface area contributed by atoms with E-state index in [9.17, 15) is 4.79 Å². The highest BCUT2D eigenvalue weighted by atomic mass is 79.9. The summed E-state index contributed by atoms with van der Waals surface area (Å²) in [6.45, 7) is 9.16. The normalized spacial score (nSPS) is 22.1. The van der Waals surface area contributed by atoms with E-state index in [4.69, 9.17) is 18.9 Å². The molecule has 0 aromatic rings. The van der Waals surface area contributed by atoms with Gasteiger partial charge in [0.15, 0.2) is 0 Å². The number of carbonyl (C=O) groups excluding carboxylic acids is 1. The van der Waals surface area contributed by atoms with Gasteiger partial charge in [0, 0.05) is 26.9 Å².